The Kier molecular flexibility index (Phi) is 5.61. The number of rotatable bonds is 5. The molecule has 0 aromatic carbocycles. The Morgan fingerprint density at radius 2 is 2.25 bits per heavy atom. The van der Waals surface area contributed by atoms with Crippen LogP contribution in [-0.2, 0) is 4.74 Å². The molecule has 0 heterocycles. The van der Waals surface area contributed by atoms with E-state index in [0.717, 1.165) is 5.70 Å². The van der Waals surface area contributed by atoms with Crippen LogP contribution >= 0.6 is 0 Å². The van der Waals surface area contributed by atoms with Gasteiger partial charge in [-0.1, -0.05) is 6.58 Å². The molecule has 0 amide bonds. The van der Waals surface area contributed by atoms with Crippen LogP contribution in [0, 0.1) is 0 Å². The van der Waals surface area contributed by atoms with E-state index >= 15 is 0 Å². The maximum Gasteiger partial charge on any atom is 0.0943 e. The van der Waals surface area contributed by atoms with Crippen molar-refractivity contribution in [3.05, 3.63) is 24.1 Å². The Bertz CT molecular complexity index is 217. The highest BCUT2D eigenvalue weighted by molar-refractivity contribution is 5.72. The molecule has 0 unspecified atom stereocenters. The van der Waals surface area contributed by atoms with E-state index in [1.165, 1.54) is 0 Å². The molecule has 0 atom stereocenters. The zero-order chi connectivity index (χ0) is 9.40. The van der Waals surface area contributed by atoms with Crippen molar-refractivity contribution in [2.75, 3.05) is 14.2 Å². The van der Waals surface area contributed by atoms with Crippen LogP contribution in [0.1, 0.15) is 6.42 Å². The summed E-state index contributed by atoms with van der Waals surface area (Å²) in [6, 6.07) is 0. The van der Waals surface area contributed by atoms with Gasteiger partial charge in [-0.15, -0.1) is 0 Å². The van der Waals surface area contributed by atoms with Gasteiger partial charge in [0.25, 0.3) is 0 Å². The normalized spacial score (nSPS) is 11.7. The van der Waals surface area contributed by atoms with Crippen molar-refractivity contribution < 1.29 is 4.74 Å². The minimum Gasteiger partial charge on any atom is -0.501 e. The fraction of sp³-hybridized carbons (Fsp3) is 0.333. The second kappa shape index (κ2) is 6.34. The lowest BCUT2D eigenvalue weighted by molar-refractivity contribution is 0.285. The van der Waals surface area contributed by atoms with Gasteiger partial charge in [-0.05, 0) is 12.8 Å². The van der Waals surface area contributed by atoms with Gasteiger partial charge in [0.1, 0.15) is 0 Å². The van der Waals surface area contributed by atoms with Crippen molar-refractivity contribution in [3.63, 3.8) is 0 Å². The third kappa shape index (κ3) is 4.44. The van der Waals surface area contributed by atoms with E-state index in [1.54, 1.807) is 26.4 Å². The third-order valence-electron chi connectivity index (χ3n) is 1.29. The van der Waals surface area contributed by atoms with E-state index in [-0.39, 0.29) is 0 Å². The lowest BCUT2D eigenvalue weighted by Crippen LogP contribution is -1.87. The van der Waals surface area contributed by atoms with E-state index in [9.17, 15) is 0 Å². The maximum absolute atomic E-state index is 4.89. The first kappa shape index (κ1) is 10.6. The molecule has 0 N–H and O–H groups in total. The molecule has 12 heavy (non-hydrogen) atoms. The fourth-order valence-electron chi connectivity index (χ4n) is 0.602. The smallest absolute Gasteiger partial charge is 0.0943 e. The monoisotopic (exact) mass is 166 g/mol. The number of methoxy groups -OCH3 is 1. The van der Waals surface area contributed by atoms with Crippen LogP contribution in [-0.4, -0.2) is 27.1 Å². The Morgan fingerprint density at radius 3 is 2.67 bits per heavy atom. The number of allylic oxidation sites excluding steroid dienone is 1. The topological polar surface area (TPSA) is 34.0 Å². The van der Waals surface area contributed by atoms with Crippen molar-refractivity contribution in [1.82, 2.24) is 0 Å². The van der Waals surface area contributed by atoms with Crippen molar-refractivity contribution in [2.45, 2.75) is 6.42 Å². The summed E-state index contributed by atoms with van der Waals surface area (Å²) < 4.78 is 4.89. The van der Waals surface area contributed by atoms with Crippen LogP contribution < -0.4 is 0 Å². The van der Waals surface area contributed by atoms with Crippen LogP contribution in [0.2, 0.25) is 0 Å². The lowest BCUT2D eigenvalue weighted by Gasteiger charge is -2.02. The highest BCUT2D eigenvalue weighted by Crippen LogP contribution is 2.09. The molecule has 0 aromatic heterocycles. The van der Waals surface area contributed by atoms with E-state index in [2.05, 4.69) is 23.3 Å². The average Bonchev–Trinajstić information content (AvgIpc) is 2.11. The summed E-state index contributed by atoms with van der Waals surface area (Å²) in [7, 11) is 3.28. The van der Waals surface area contributed by atoms with Gasteiger partial charge in [0, 0.05) is 25.4 Å². The summed E-state index contributed by atoms with van der Waals surface area (Å²) in [5.41, 5.74) is 0.799. The van der Waals surface area contributed by atoms with Gasteiger partial charge in [0.05, 0.1) is 12.9 Å². The number of ether oxygens (including phenoxy) is 1. The summed E-state index contributed by atoms with van der Waals surface area (Å²) in [5.74, 6) is 0.665. The first-order valence-corrected chi connectivity index (χ1v) is 3.54. The molecule has 0 fully saturated rings. The summed E-state index contributed by atoms with van der Waals surface area (Å²) in [6.07, 6.45) is 4.01. The minimum atomic E-state index is 0.575. The standard InChI is InChI=1S/C9H14N2O/c1-8(12-4)7-9(11-3)5-6-10-2/h5-6H,1,3,7H2,2,4H3/b9-5-,10-6?. The first-order valence-electron chi connectivity index (χ1n) is 3.54. The largest absolute Gasteiger partial charge is 0.501 e. The van der Waals surface area contributed by atoms with Crippen molar-refractivity contribution in [2.24, 2.45) is 9.98 Å². The summed E-state index contributed by atoms with van der Waals surface area (Å²) in [4.78, 5) is 7.59. The van der Waals surface area contributed by atoms with E-state index in [0.29, 0.717) is 12.2 Å². The fourth-order valence-corrected chi connectivity index (χ4v) is 0.602. The van der Waals surface area contributed by atoms with E-state index in [1.807, 2.05) is 0 Å². The van der Waals surface area contributed by atoms with Gasteiger partial charge in [-0.2, -0.15) is 0 Å². The first-order chi connectivity index (χ1) is 5.74. The second-order valence-corrected chi connectivity index (χ2v) is 2.14. The van der Waals surface area contributed by atoms with Gasteiger partial charge in [-0.3, -0.25) is 9.98 Å². The Labute approximate surface area is 73.2 Å². The zero-order valence-corrected chi connectivity index (χ0v) is 7.58. The molecule has 0 spiro atoms. The molecule has 0 saturated heterocycles. The Hall–Kier alpha value is -1.38. The molecule has 66 valence electrons. The second-order valence-electron chi connectivity index (χ2n) is 2.14. The Balaban J connectivity index is 4.17. The van der Waals surface area contributed by atoms with Gasteiger partial charge in [-0.25, -0.2) is 0 Å². The molecule has 0 bridgehead atoms. The Morgan fingerprint density at radius 1 is 1.58 bits per heavy atom. The molecule has 0 aromatic rings. The summed E-state index contributed by atoms with van der Waals surface area (Å²) in [6.45, 7) is 7.10. The molecule has 0 aliphatic heterocycles. The third-order valence-corrected chi connectivity index (χ3v) is 1.29. The van der Waals surface area contributed by atoms with Crippen molar-refractivity contribution >= 4 is 12.9 Å². The molecule has 0 rings (SSSR count). The predicted octanol–water partition coefficient (Wildman–Crippen LogP) is 1.82. The highest BCUT2D eigenvalue weighted by atomic mass is 16.5. The van der Waals surface area contributed by atoms with Gasteiger partial charge >= 0.3 is 0 Å². The number of hydrogen-bond donors (Lipinski definition) is 0. The summed E-state index contributed by atoms with van der Waals surface area (Å²) in [5, 5.41) is 0. The SMILES string of the molecule is C=N/C(=C\C=NC)CC(=C)OC. The lowest BCUT2D eigenvalue weighted by atomic mass is 10.3. The molecule has 0 aliphatic carbocycles. The van der Waals surface area contributed by atoms with Crippen LogP contribution in [0.4, 0.5) is 0 Å². The van der Waals surface area contributed by atoms with Crippen molar-refractivity contribution in [1.29, 1.82) is 0 Å². The van der Waals surface area contributed by atoms with Crippen LogP contribution in [0.5, 0.6) is 0 Å². The summed E-state index contributed by atoms with van der Waals surface area (Å²) >= 11 is 0. The van der Waals surface area contributed by atoms with Gasteiger partial charge in [0.15, 0.2) is 0 Å². The molecule has 0 radical (unpaired) electrons. The molecule has 3 nitrogen and oxygen atoms in total. The zero-order valence-electron chi connectivity index (χ0n) is 7.58. The van der Waals surface area contributed by atoms with Gasteiger partial charge < -0.3 is 4.74 Å². The number of nitrogens with zero attached hydrogens (tertiary/aromatic N) is 2. The van der Waals surface area contributed by atoms with Gasteiger partial charge in [0.2, 0.25) is 0 Å². The average molecular weight is 166 g/mol. The van der Waals surface area contributed by atoms with Crippen LogP contribution in [0.25, 0.3) is 0 Å². The van der Waals surface area contributed by atoms with Crippen molar-refractivity contribution in [3.8, 4) is 0 Å². The maximum atomic E-state index is 4.89. The number of hydrogen-bond acceptors (Lipinski definition) is 3. The molecule has 3 heteroatoms. The van der Waals surface area contributed by atoms with E-state index in [4.69, 9.17) is 4.74 Å². The van der Waals surface area contributed by atoms with Crippen LogP contribution in [0.15, 0.2) is 34.1 Å². The highest BCUT2D eigenvalue weighted by Gasteiger charge is 1.95. The molecular formula is C9H14N2O. The van der Waals surface area contributed by atoms with E-state index < -0.39 is 0 Å². The minimum absolute atomic E-state index is 0.575. The van der Waals surface area contributed by atoms with Crippen LogP contribution in [0.3, 0.4) is 0 Å². The molecular weight excluding hydrogens is 152 g/mol. The predicted molar refractivity (Wildman–Crippen MR) is 52.8 cm³/mol. The molecule has 0 saturated carbocycles. The number of aliphatic imine (C=N–C) groups is 2. The molecule has 0 aliphatic rings. The quantitative estimate of drug-likeness (QED) is 0.453.